The Morgan fingerprint density at radius 3 is 1.52 bits per heavy atom. The molecule has 0 unspecified atom stereocenters. The third-order valence-corrected chi connectivity index (χ3v) is 3.91. The van der Waals surface area contributed by atoms with Gasteiger partial charge in [0, 0.05) is 5.56 Å². The first-order chi connectivity index (χ1) is 13.7. The van der Waals surface area contributed by atoms with Gasteiger partial charge in [-0.15, -0.1) is 0 Å². The molecule has 0 saturated carbocycles. The van der Waals surface area contributed by atoms with Crippen LogP contribution in [-0.4, -0.2) is 12.4 Å². The molecule has 0 aromatic heterocycles. The summed E-state index contributed by atoms with van der Waals surface area (Å²) in [7, 11) is 0. The Hall–Kier alpha value is -3.16. The van der Waals surface area contributed by atoms with Gasteiger partial charge in [0.2, 0.25) is 0 Å². The average molecular weight is 412 g/mol. The van der Waals surface area contributed by atoms with Gasteiger partial charge in [0.15, 0.2) is 17.4 Å². The van der Waals surface area contributed by atoms with Crippen LogP contribution in [0.25, 0.3) is 0 Å². The number of ether oxygens (including phenoxy) is 2. The number of para-hydroxylation sites is 3. The topological polar surface area (TPSA) is 18.5 Å². The van der Waals surface area contributed by atoms with Crippen molar-refractivity contribution < 1.29 is 35.8 Å². The number of halogens is 6. The van der Waals surface area contributed by atoms with Crippen molar-refractivity contribution in [1.29, 1.82) is 0 Å². The molecule has 8 heteroatoms. The highest BCUT2D eigenvalue weighted by Gasteiger charge is 2.58. The number of benzene rings is 3. The highest BCUT2D eigenvalue weighted by molar-refractivity contribution is 5.52. The zero-order valence-electron chi connectivity index (χ0n) is 14.7. The van der Waals surface area contributed by atoms with Crippen LogP contribution in [0.15, 0.2) is 78.9 Å². The van der Waals surface area contributed by atoms with E-state index in [0.29, 0.717) is 0 Å². The molecule has 0 amide bonds. The second kappa shape index (κ2) is 8.06. The van der Waals surface area contributed by atoms with Gasteiger partial charge >= 0.3 is 12.4 Å². The average Bonchev–Trinajstić information content (AvgIpc) is 2.64. The lowest BCUT2D eigenvalue weighted by Gasteiger charge is -2.26. The molecular weight excluding hydrogens is 398 g/mol. The lowest BCUT2D eigenvalue weighted by atomic mass is 9.96. The van der Waals surface area contributed by atoms with Crippen molar-refractivity contribution in [2.24, 2.45) is 0 Å². The van der Waals surface area contributed by atoms with E-state index in [2.05, 4.69) is 0 Å². The Bertz CT molecular complexity index is 923. The normalized spacial score (nSPS) is 12.1. The van der Waals surface area contributed by atoms with Gasteiger partial charge in [0.25, 0.3) is 0 Å². The third kappa shape index (κ3) is 5.01. The number of alkyl halides is 6. The Morgan fingerprint density at radius 2 is 1.03 bits per heavy atom. The summed E-state index contributed by atoms with van der Waals surface area (Å²) in [5.41, 5.74) is -1.08. The molecule has 0 aliphatic carbocycles. The van der Waals surface area contributed by atoms with Gasteiger partial charge in [-0.25, -0.2) is 0 Å². The SMILES string of the molecule is FC(F)(F)C(c1cccc(Oc2ccccc2)c1Oc1ccccc1)C(F)(F)F. The fourth-order valence-corrected chi connectivity index (χ4v) is 2.71. The van der Waals surface area contributed by atoms with Gasteiger partial charge in [-0.1, -0.05) is 48.5 Å². The molecule has 3 aromatic carbocycles. The van der Waals surface area contributed by atoms with Crippen LogP contribution in [0.4, 0.5) is 26.3 Å². The Kier molecular flexibility index (Phi) is 5.72. The lowest BCUT2D eigenvalue weighted by Crippen LogP contribution is -2.34. The van der Waals surface area contributed by atoms with E-state index < -0.39 is 29.6 Å². The molecule has 0 aliphatic heterocycles. The second-order valence-electron chi connectivity index (χ2n) is 6.02. The monoisotopic (exact) mass is 412 g/mol. The zero-order chi connectivity index (χ0) is 21.1. The summed E-state index contributed by atoms with van der Waals surface area (Å²) in [6.45, 7) is 0. The highest BCUT2D eigenvalue weighted by Crippen LogP contribution is 2.52. The first kappa shape index (κ1) is 20.6. The first-order valence-corrected chi connectivity index (χ1v) is 8.38. The summed E-state index contributed by atoms with van der Waals surface area (Å²) in [6, 6.07) is 18.6. The van der Waals surface area contributed by atoms with E-state index in [1.807, 2.05) is 0 Å². The largest absolute Gasteiger partial charge is 0.453 e. The summed E-state index contributed by atoms with van der Waals surface area (Å²) in [4.78, 5) is 0. The van der Waals surface area contributed by atoms with Crippen molar-refractivity contribution in [3.8, 4) is 23.0 Å². The van der Waals surface area contributed by atoms with E-state index in [9.17, 15) is 26.3 Å². The summed E-state index contributed by atoms with van der Waals surface area (Å²) in [5, 5.41) is 0. The second-order valence-corrected chi connectivity index (χ2v) is 6.02. The number of rotatable bonds is 5. The molecule has 0 radical (unpaired) electrons. The zero-order valence-corrected chi connectivity index (χ0v) is 14.7. The molecule has 3 rings (SSSR count). The molecule has 0 saturated heterocycles. The van der Waals surface area contributed by atoms with Crippen LogP contribution in [0.5, 0.6) is 23.0 Å². The molecule has 0 bridgehead atoms. The van der Waals surface area contributed by atoms with Crippen molar-refractivity contribution in [3.63, 3.8) is 0 Å². The molecule has 0 heterocycles. The van der Waals surface area contributed by atoms with Crippen molar-refractivity contribution >= 4 is 0 Å². The van der Waals surface area contributed by atoms with Crippen LogP contribution < -0.4 is 9.47 Å². The van der Waals surface area contributed by atoms with Crippen LogP contribution in [0.3, 0.4) is 0 Å². The minimum atomic E-state index is -5.57. The first-order valence-electron chi connectivity index (χ1n) is 8.38. The molecule has 152 valence electrons. The Labute approximate surface area is 162 Å². The summed E-state index contributed by atoms with van der Waals surface area (Å²) >= 11 is 0. The minimum absolute atomic E-state index is 0.0703. The predicted octanol–water partition coefficient (Wildman–Crippen LogP) is 7.48. The molecule has 0 N–H and O–H groups in total. The van der Waals surface area contributed by atoms with Crippen LogP contribution in [-0.2, 0) is 0 Å². The van der Waals surface area contributed by atoms with Gasteiger partial charge < -0.3 is 9.47 Å². The third-order valence-electron chi connectivity index (χ3n) is 3.91. The summed E-state index contributed by atoms with van der Waals surface area (Å²) in [6.07, 6.45) is -11.1. The van der Waals surface area contributed by atoms with Gasteiger partial charge in [0.1, 0.15) is 11.5 Å². The quantitative estimate of drug-likeness (QED) is 0.405. The Morgan fingerprint density at radius 1 is 0.552 bits per heavy atom. The predicted molar refractivity (Wildman–Crippen MR) is 94.3 cm³/mol. The minimum Gasteiger partial charge on any atom is -0.453 e. The maximum atomic E-state index is 13.4. The molecule has 29 heavy (non-hydrogen) atoms. The van der Waals surface area contributed by atoms with Crippen LogP contribution >= 0.6 is 0 Å². The van der Waals surface area contributed by atoms with Gasteiger partial charge in [0.05, 0.1) is 0 Å². The smallest absolute Gasteiger partial charge is 0.404 e. The molecule has 0 atom stereocenters. The van der Waals surface area contributed by atoms with Gasteiger partial charge in [-0.05, 0) is 30.3 Å². The standard InChI is InChI=1S/C21H14F6O2/c22-20(23,24)19(21(25,26)27)16-12-7-13-17(28-14-8-3-1-4-9-14)18(16)29-15-10-5-2-6-11-15/h1-13,19H. The fraction of sp³-hybridized carbons (Fsp3) is 0.143. The van der Waals surface area contributed by atoms with Crippen molar-refractivity contribution in [2.75, 3.05) is 0 Å². The number of hydrogen-bond acceptors (Lipinski definition) is 2. The van der Waals surface area contributed by atoms with E-state index in [4.69, 9.17) is 9.47 Å². The molecule has 0 fully saturated rings. The summed E-state index contributed by atoms with van der Waals surface area (Å²) in [5.74, 6) is -4.34. The molecule has 2 nitrogen and oxygen atoms in total. The van der Waals surface area contributed by atoms with Crippen molar-refractivity contribution in [1.82, 2.24) is 0 Å². The van der Waals surface area contributed by atoms with Gasteiger partial charge in [-0.3, -0.25) is 0 Å². The maximum absolute atomic E-state index is 13.4. The highest BCUT2D eigenvalue weighted by atomic mass is 19.4. The summed E-state index contributed by atoms with van der Waals surface area (Å²) < 4.78 is 91.2. The van der Waals surface area contributed by atoms with E-state index >= 15 is 0 Å². The van der Waals surface area contributed by atoms with E-state index in [0.717, 1.165) is 12.1 Å². The van der Waals surface area contributed by atoms with Crippen molar-refractivity contribution in [2.45, 2.75) is 18.3 Å². The van der Waals surface area contributed by atoms with Crippen molar-refractivity contribution in [3.05, 3.63) is 84.4 Å². The van der Waals surface area contributed by atoms with E-state index in [-0.39, 0.29) is 17.2 Å². The Balaban J connectivity index is 2.15. The molecular formula is C21H14F6O2. The van der Waals surface area contributed by atoms with Crippen LogP contribution in [0, 0.1) is 0 Å². The fourth-order valence-electron chi connectivity index (χ4n) is 2.71. The molecule has 3 aromatic rings. The molecule has 0 aliphatic rings. The molecule has 0 spiro atoms. The number of hydrogen-bond donors (Lipinski definition) is 0. The lowest BCUT2D eigenvalue weighted by molar-refractivity contribution is -0.253. The van der Waals surface area contributed by atoms with Crippen LogP contribution in [0.2, 0.25) is 0 Å². The van der Waals surface area contributed by atoms with E-state index in [1.165, 1.54) is 30.3 Å². The van der Waals surface area contributed by atoms with Crippen LogP contribution in [0.1, 0.15) is 11.5 Å². The van der Waals surface area contributed by atoms with Gasteiger partial charge in [-0.2, -0.15) is 26.3 Å². The van der Waals surface area contributed by atoms with E-state index in [1.54, 1.807) is 36.4 Å². The maximum Gasteiger partial charge on any atom is 0.404 e.